The minimum atomic E-state index is -3.70. The maximum absolute atomic E-state index is 13.2. The molecule has 0 aliphatic rings. The van der Waals surface area contributed by atoms with Crippen molar-refractivity contribution >= 4 is 27.3 Å². The molecule has 0 unspecified atom stereocenters. The number of hydrogen-bond acceptors (Lipinski definition) is 4. The summed E-state index contributed by atoms with van der Waals surface area (Å²) in [6.07, 6.45) is 0. The van der Waals surface area contributed by atoms with Crippen LogP contribution in [0.5, 0.6) is 5.75 Å². The molecule has 0 saturated carbocycles. The van der Waals surface area contributed by atoms with E-state index in [1.54, 1.807) is 30.3 Å². The van der Waals surface area contributed by atoms with E-state index in [-0.39, 0.29) is 17.2 Å². The van der Waals surface area contributed by atoms with Crippen molar-refractivity contribution in [1.29, 1.82) is 0 Å². The Bertz CT molecular complexity index is 1140. The maximum atomic E-state index is 13.2. The topological polar surface area (TPSA) is 75.7 Å². The van der Waals surface area contributed by atoms with E-state index in [0.717, 1.165) is 16.4 Å². The standard InChI is InChI=1S/C21H18F2N2O4S/c1-25(30(27,28)18-5-3-2-4-6-18)16-8-10-17(11-9-16)29-14-21(26)24-15-7-12-19(22)20(23)13-15/h2-13H,14H2,1H3,(H,24,26). The van der Waals surface area contributed by atoms with Crippen LogP contribution >= 0.6 is 0 Å². The molecule has 0 heterocycles. The molecule has 0 fully saturated rings. The summed E-state index contributed by atoms with van der Waals surface area (Å²) in [5, 5.41) is 2.39. The van der Waals surface area contributed by atoms with Gasteiger partial charge >= 0.3 is 0 Å². The van der Waals surface area contributed by atoms with E-state index in [9.17, 15) is 22.0 Å². The number of anilines is 2. The molecule has 3 rings (SSSR count). The van der Waals surface area contributed by atoms with Gasteiger partial charge < -0.3 is 10.1 Å². The van der Waals surface area contributed by atoms with Crippen LogP contribution in [-0.2, 0) is 14.8 Å². The van der Waals surface area contributed by atoms with Gasteiger partial charge in [0.25, 0.3) is 15.9 Å². The number of hydrogen-bond donors (Lipinski definition) is 1. The van der Waals surface area contributed by atoms with Crippen molar-refractivity contribution in [2.45, 2.75) is 4.90 Å². The van der Waals surface area contributed by atoms with Crippen LogP contribution in [-0.4, -0.2) is 28.0 Å². The Morgan fingerprint density at radius 3 is 2.27 bits per heavy atom. The van der Waals surface area contributed by atoms with Crippen LogP contribution in [0.1, 0.15) is 0 Å². The molecular weight excluding hydrogens is 414 g/mol. The Morgan fingerprint density at radius 1 is 0.967 bits per heavy atom. The largest absolute Gasteiger partial charge is 0.484 e. The molecule has 0 saturated heterocycles. The number of sulfonamides is 1. The first-order valence-corrected chi connectivity index (χ1v) is 10.2. The first kappa shape index (κ1) is 21.3. The summed E-state index contributed by atoms with van der Waals surface area (Å²) in [7, 11) is -2.26. The third-order valence-corrected chi connectivity index (χ3v) is 5.97. The SMILES string of the molecule is CN(c1ccc(OCC(=O)Nc2ccc(F)c(F)c2)cc1)S(=O)(=O)c1ccccc1. The van der Waals surface area contributed by atoms with Gasteiger partial charge in [-0.15, -0.1) is 0 Å². The first-order valence-electron chi connectivity index (χ1n) is 8.79. The number of ether oxygens (including phenoxy) is 1. The van der Waals surface area contributed by atoms with Crippen molar-refractivity contribution in [3.8, 4) is 5.75 Å². The third kappa shape index (κ3) is 4.93. The lowest BCUT2D eigenvalue weighted by atomic mass is 10.3. The summed E-state index contributed by atoms with van der Waals surface area (Å²) < 4.78 is 57.9. The molecule has 0 aliphatic carbocycles. The van der Waals surface area contributed by atoms with Crippen LogP contribution in [0.3, 0.4) is 0 Å². The molecule has 0 aliphatic heterocycles. The Labute approximate surface area is 172 Å². The van der Waals surface area contributed by atoms with Crippen LogP contribution in [0.25, 0.3) is 0 Å². The van der Waals surface area contributed by atoms with Crippen LogP contribution in [0.2, 0.25) is 0 Å². The number of amides is 1. The molecule has 0 aromatic heterocycles. The Kier molecular flexibility index (Phi) is 6.31. The monoisotopic (exact) mass is 432 g/mol. The highest BCUT2D eigenvalue weighted by Gasteiger charge is 2.20. The van der Waals surface area contributed by atoms with Gasteiger partial charge in [-0.25, -0.2) is 17.2 Å². The predicted molar refractivity (Wildman–Crippen MR) is 109 cm³/mol. The molecule has 30 heavy (non-hydrogen) atoms. The minimum Gasteiger partial charge on any atom is -0.484 e. The van der Waals surface area contributed by atoms with Gasteiger partial charge in [-0.3, -0.25) is 9.10 Å². The summed E-state index contributed by atoms with van der Waals surface area (Å²) in [5.74, 6) is -2.30. The van der Waals surface area contributed by atoms with E-state index >= 15 is 0 Å². The Balaban J connectivity index is 1.60. The van der Waals surface area contributed by atoms with Gasteiger partial charge in [0.05, 0.1) is 10.6 Å². The van der Waals surface area contributed by atoms with E-state index in [0.29, 0.717) is 11.4 Å². The van der Waals surface area contributed by atoms with Crippen molar-refractivity contribution in [2.24, 2.45) is 0 Å². The third-order valence-electron chi connectivity index (χ3n) is 4.18. The summed E-state index contributed by atoms with van der Waals surface area (Å²) in [6.45, 7) is -0.365. The van der Waals surface area contributed by atoms with E-state index < -0.39 is 27.6 Å². The summed E-state index contributed by atoms with van der Waals surface area (Å²) in [4.78, 5) is 12.1. The predicted octanol–water partition coefficient (Wildman–Crippen LogP) is 3.81. The first-order chi connectivity index (χ1) is 14.3. The van der Waals surface area contributed by atoms with Crippen molar-refractivity contribution in [2.75, 3.05) is 23.3 Å². The minimum absolute atomic E-state index is 0.102. The second-order valence-corrected chi connectivity index (χ2v) is 8.21. The highest BCUT2D eigenvalue weighted by Crippen LogP contribution is 2.24. The second kappa shape index (κ2) is 8.91. The quantitative estimate of drug-likeness (QED) is 0.616. The highest BCUT2D eigenvalue weighted by atomic mass is 32.2. The second-order valence-electron chi connectivity index (χ2n) is 6.25. The van der Waals surface area contributed by atoms with E-state index in [2.05, 4.69) is 5.32 Å². The van der Waals surface area contributed by atoms with Gasteiger partial charge in [-0.1, -0.05) is 18.2 Å². The fourth-order valence-corrected chi connectivity index (χ4v) is 3.78. The van der Waals surface area contributed by atoms with Gasteiger partial charge in [0.2, 0.25) is 0 Å². The summed E-state index contributed by atoms with van der Waals surface area (Å²) in [6, 6.07) is 17.2. The molecule has 0 bridgehead atoms. The normalized spacial score (nSPS) is 11.0. The average Bonchev–Trinajstić information content (AvgIpc) is 2.75. The Hall–Kier alpha value is -3.46. The zero-order valence-electron chi connectivity index (χ0n) is 15.9. The van der Waals surface area contributed by atoms with Crippen LogP contribution in [0, 0.1) is 11.6 Å². The molecule has 0 radical (unpaired) electrons. The van der Waals surface area contributed by atoms with Gasteiger partial charge in [-0.05, 0) is 48.5 Å². The zero-order valence-corrected chi connectivity index (χ0v) is 16.7. The number of carbonyl (C=O) groups is 1. The van der Waals surface area contributed by atoms with Crippen molar-refractivity contribution in [3.05, 3.63) is 84.4 Å². The number of carbonyl (C=O) groups excluding carboxylic acids is 1. The molecule has 0 spiro atoms. The summed E-state index contributed by atoms with van der Waals surface area (Å²) >= 11 is 0. The fourth-order valence-electron chi connectivity index (χ4n) is 2.56. The molecule has 156 valence electrons. The molecule has 1 N–H and O–H groups in total. The fraction of sp³-hybridized carbons (Fsp3) is 0.0952. The van der Waals surface area contributed by atoms with E-state index in [1.807, 2.05) is 0 Å². The number of nitrogens with zero attached hydrogens (tertiary/aromatic N) is 1. The van der Waals surface area contributed by atoms with Gasteiger partial charge in [0.15, 0.2) is 18.2 Å². The number of halogens is 2. The lowest BCUT2D eigenvalue weighted by molar-refractivity contribution is -0.118. The van der Waals surface area contributed by atoms with Gasteiger partial charge in [0, 0.05) is 18.8 Å². The molecule has 3 aromatic rings. The molecule has 0 atom stereocenters. The van der Waals surface area contributed by atoms with Crippen LogP contribution in [0.15, 0.2) is 77.7 Å². The molecule has 3 aromatic carbocycles. The van der Waals surface area contributed by atoms with Gasteiger partial charge in [0.1, 0.15) is 5.75 Å². The molecule has 6 nitrogen and oxygen atoms in total. The average molecular weight is 432 g/mol. The molecule has 1 amide bonds. The Morgan fingerprint density at radius 2 is 1.63 bits per heavy atom. The van der Waals surface area contributed by atoms with Crippen LogP contribution < -0.4 is 14.4 Å². The smallest absolute Gasteiger partial charge is 0.264 e. The molecular formula is C21H18F2N2O4S. The van der Waals surface area contributed by atoms with E-state index in [4.69, 9.17) is 4.74 Å². The lowest BCUT2D eigenvalue weighted by Gasteiger charge is -2.19. The number of benzene rings is 3. The van der Waals surface area contributed by atoms with E-state index in [1.165, 1.54) is 37.4 Å². The molecule has 9 heteroatoms. The van der Waals surface area contributed by atoms with Crippen molar-refractivity contribution in [1.82, 2.24) is 0 Å². The zero-order chi connectivity index (χ0) is 21.7. The lowest BCUT2D eigenvalue weighted by Crippen LogP contribution is -2.26. The number of rotatable bonds is 7. The van der Waals surface area contributed by atoms with Crippen molar-refractivity contribution in [3.63, 3.8) is 0 Å². The van der Waals surface area contributed by atoms with Gasteiger partial charge in [-0.2, -0.15) is 0 Å². The summed E-state index contributed by atoms with van der Waals surface area (Å²) in [5.41, 5.74) is 0.517. The maximum Gasteiger partial charge on any atom is 0.264 e. The number of nitrogens with one attached hydrogen (secondary N) is 1. The van der Waals surface area contributed by atoms with Crippen LogP contribution in [0.4, 0.5) is 20.2 Å². The van der Waals surface area contributed by atoms with Crippen molar-refractivity contribution < 1.29 is 26.7 Å². The highest BCUT2D eigenvalue weighted by molar-refractivity contribution is 7.92.